The minimum absolute atomic E-state index is 0.0132. The fourth-order valence-electron chi connectivity index (χ4n) is 5.72. The number of aryl methyl sites for hydroxylation is 1. The van der Waals surface area contributed by atoms with Gasteiger partial charge in [-0.25, -0.2) is 19.7 Å². The number of rotatable bonds is 22. The molecule has 0 aliphatic heterocycles. The van der Waals surface area contributed by atoms with Crippen molar-refractivity contribution in [2.45, 2.75) is 104 Å². The molecular formula is C42H53N3O5. The summed E-state index contributed by atoms with van der Waals surface area (Å²) in [6, 6.07) is 20.5. The average molecular weight is 680 g/mol. The molecule has 50 heavy (non-hydrogen) atoms. The number of hydrogen-bond donors (Lipinski definition) is 2. The summed E-state index contributed by atoms with van der Waals surface area (Å²) in [6.45, 7) is 8.50. The number of nitrogens with zero attached hydrogens (tertiary/aromatic N) is 3. The molecule has 2 N–H and O–H groups in total. The summed E-state index contributed by atoms with van der Waals surface area (Å²) in [7, 11) is 0. The van der Waals surface area contributed by atoms with Crippen LogP contribution in [0.3, 0.4) is 0 Å². The monoisotopic (exact) mass is 679 g/mol. The quantitative estimate of drug-likeness (QED) is 0.0479. The Bertz CT molecular complexity index is 1660. The molecule has 3 aromatic carbocycles. The van der Waals surface area contributed by atoms with Crippen LogP contribution < -0.4 is 4.74 Å². The second kappa shape index (κ2) is 20.7. The molecule has 1 aromatic heterocycles. The second-order valence-electron chi connectivity index (χ2n) is 13.0. The van der Waals surface area contributed by atoms with E-state index >= 15 is 0 Å². The van der Waals surface area contributed by atoms with Gasteiger partial charge in [-0.15, -0.1) is 0 Å². The van der Waals surface area contributed by atoms with E-state index in [0.29, 0.717) is 53.1 Å². The van der Waals surface area contributed by atoms with Gasteiger partial charge in [-0.05, 0) is 62.4 Å². The molecule has 0 aliphatic rings. The van der Waals surface area contributed by atoms with Gasteiger partial charge in [0.1, 0.15) is 17.2 Å². The van der Waals surface area contributed by atoms with Gasteiger partial charge in [0.15, 0.2) is 17.5 Å². The van der Waals surface area contributed by atoms with E-state index in [1.54, 1.807) is 25.1 Å². The lowest BCUT2D eigenvalue weighted by Gasteiger charge is -2.12. The van der Waals surface area contributed by atoms with Crippen molar-refractivity contribution in [3.63, 3.8) is 0 Å². The predicted octanol–water partition coefficient (Wildman–Crippen LogP) is 10.4. The number of carbonyl (C=O) groups excluding carboxylic acids is 1. The number of aromatic nitrogens is 3. The number of hydrogen-bond acceptors (Lipinski definition) is 8. The highest BCUT2D eigenvalue weighted by Gasteiger charge is 2.17. The zero-order valence-electron chi connectivity index (χ0n) is 29.8. The standard InChI is InChI=1S/C42H53N3O5/c1-4-5-6-15-20-32-23-25-35(37(46)29-32)40-43-39(33-21-16-14-17-22-33)44-41(45-40)36-26-24-34(30-38(36)47)49-27-18-12-10-8-7-9-11-13-19-28-50-42(48)31(2)3/h14,16-17,21-26,29-30,46-47H,2,4-13,15,18-20,27-28H2,1,3H3. The van der Waals surface area contributed by atoms with Crippen molar-refractivity contribution >= 4 is 5.97 Å². The zero-order valence-corrected chi connectivity index (χ0v) is 29.8. The van der Waals surface area contributed by atoms with Gasteiger partial charge in [-0.3, -0.25) is 0 Å². The maximum Gasteiger partial charge on any atom is 0.333 e. The highest BCUT2D eigenvalue weighted by Crippen LogP contribution is 2.35. The number of phenols is 2. The van der Waals surface area contributed by atoms with Crippen LogP contribution in [0.15, 0.2) is 78.9 Å². The third kappa shape index (κ3) is 12.3. The van der Waals surface area contributed by atoms with Crippen molar-refractivity contribution in [1.29, 1.82) is 0 Å². The van der Waals surface area contributed by atoms with Crippen molar-refractivity contribution in [3.8, 4) is 51.4 Å². The Morgan fingerprint density at radius 1 is 0.660 bits per heavy atom. The van der Waals surface area contributed by atoms with Gasteiger partial charge in [0.05, 0.1) is 24.3 Å². The van der Waals surface area contributed by atoms with E-state index in [2.05, 4.69) is 13.5 Å². The Labute approximate surface area is 297 Å². The van der Waals surface area contributed by atoms with Gasteiger partial charge in [0, 0.05) is 17.2 Å². The smallest absolute Gasteiger partial charge is 0.333 e. The van der Waals surface area contributed by atoms with E-state index in [-0.39, 0.29) is 17.5 Å². The molecular weight excluding hydrogens is 626 g/mol. The van der Waals surface area contributed by atoms with Crippen LogP contribution in [0.1, 0.15) is 103 Å². The van der Waals surface area contributed by atoms with Crippen LogP contribution >= 0.6 is 0 Å². The third-order valence-corrected chi connectivity index (χ3v) is 8.64. The van der Waals surface area contributed by atoms with Crippen molar-refractivity contribution in [3.05, 3.63) is 84.4 Å². The topological polar surface area (TPSA) is 115 Å². The molecule has 0 atom stereocenters. The molecule has 0 radical (unpaired) electrons. The summed E-state index contributed by atoms with van der Waals surface area (Å²) < 4.78 is 11.1. The largest absolute Gasteiger partial charge is 0.507 e. The summed E-state index contributed by atoms with van der Waals surface area (Å²) in [5.41, 5.74) is 3.31. The van der Waals surface area contributed by atoms with Crippen LogP contribution in [0, 0.1) is 0 Å². The fourth-order valence-corrected chi connectivity index (χ4v) is 5.72. The van der Waals surface area contributed by atoms with Gasteiger partial charge in [0.2, 0.25) is 0 Å². The molecule has 0 fully saturated rings. The highest BCUT2D eigenvalue weighted by atomic mass is 16.5. The molecule has 4 aromatic rings. The molecule has 0 saturated carbocycles. The number of ether oxygens (including phenoxy) is 2. The first-order chi connectivity index (χ1) is 24.4. The lowest BCUT2D eigenvalue weighted by atomic mass is 10.0. The first-order valence-corrected chi connectivity index (χ1v) is 18.3. The molecule has 0 spiro atoms. The Morgan fingerprint density at radius 2 is 1.22 bits per heavy atom. The van der Waals surface area contributed by atoms with Gasteiger partial charge in [0.25, 0.3) is 0 Å². The van der Waals surface area contributed by atoms with Gasteiger partial charge >= 0.3 is 5.97 Å². The lowest BCUT2D eigenvalue weighted by molar-refractivity contribution is -0.139. The molecule has 266 valence electrons. The summed E-state index contributed by atoms with van der Waals surface area (Å²) in [4.78, 5) is 25.5. The number of carbonyl (C=O) groups is 1. The van der Waals surface area contributed by atoms with Crippen LogP contribution in [-0.2, 0) is 16.0 Å². The third-order valence-electron chi connectivity index (χ3n) is 8.64. The zero-order chi connectivity index (χ0) is 35.6. The van der Waals surface area contributed by atoms with E-state index in [0.717, 1.165) is 62.5 Å². The van der Waals surface area contributed by atoms with Crippen LogP contribution in [-0.4, -0.2) is 44.3 Å². The first-order valence-electron chi connectivity index (χ1n) is 18.3. The minimum atomic E-state index is -0.304. The number of phenolic OH excluding ortho intramolecular Hbond substituents is 2. The minimum Gasteiger partial charge on any atom is -0.507 e. The average Bonchev–Trinajstić information content (AvgIpc) is 3.12. The van der Waals surface area contributed by atoms with Crippen LogP contribution in [0.4, 0.5) is 0 Å². The SMILES string of the molecule is C=C(C)C(=O)OCCCCCCCCCCCOc1ccc(-c2nc(-c3ccccc3)nc(-c3ccc(CCCCCC)cc3O)n2)c(O)c1. The highest BCUT2D eigenvalue weighted by molar-refractivity contribution is 5.86. The van der Waals surface area contributed by atoms with Crippen molar-refractivity contribution in [1.82, 2.24) is 15.0 Å². The van der Waals surface area contributed by atoms with E-state index in [1.165, 1.54) is 38.5 Å². The van der Waals surface area contributed by atoms with Gasteiger partial charge in [-0.2, -0.15) is 0 Å². The molecule has 8 nitrogen and oxygen atoms in total. The van der Waals surface area contributed by atoms with Crippen molar-refractivity contribution in [2.24, 2.45) is 0 Å². The maximum atomic E-state index is 11.4. The molecule has 0 bridgehead atoms. The number of benzene rings is 3. The molecule has 0 unspecified atom stereocenters. The molecule has 0 saturated heterocycles. The van der Waals surface area contributed by atoms with E-state index in [4.69, 9.17) is 24.4 Å². The Balaban J connectivity index is 1.30. The molecule has 4 rings (SSSR count). The van der Waals surface area contributed by atoms with E-state index in [1.807, 2.05) is 48.5 Å². The summed E-state index contributed by atoms with van der Waals surface area (Å²) in [6.07, 6.45) is 15.5. The molecule has 0 amide bonds. The predicted molar refractivity (Wildman–Crippen MR) is 200 cm³/mol. The summed E-state index contributed by atoms with van der Waals surface area (Å²) in [5, 5.41) is 22.1. The van der Waals surface area contributed by atoms with Crippen LogP contribution in [0.2, 0.25) is 0 Å². The Morgan fingerprint density at radius 3 is 1.82 bits per heavy atom. The van der Waals surface area contributed by atoms with E-state index < -0.39 is 0 Å². The van der Waals surface area contributed by atoms with E-state index in [9.17, 15) is 15.0 Å². The van der Waals surface area contributed by atoms with Crippen molar-refractivity contribution < 1.29 is 24.5 Å². The fraction of sp³-hybridized carbons (Fsp3) is 0.429. The summed E-state index contributed by atoms with van der Waals surface area (Å²) in [5.74, 6) is 1.52. The Hall–Kier alpha value is -4.72. The number of esters is 1. The maximum absolute atomic E-state index is 11.4. The van der Waals surface area contributed by atoms with Crippen molar-refractivity contribution in [2.75, 3.05) is 13.2 Å². The molecule has 1 heterocycles. The normalized spacial score (nSPS) is 11.0. The van der Waals surface area contributed by atoms with Crippen LogP contribution in [0.5, 0.6) is 17.2 Å². The molecule has 8 heteroatoms. The van der Waals surface area contributed by atoms with Crippen LogP contribution in [0.25, 0.3) is 34.2 Å². The Kier molecular flexibility index (Phi) is 15.8. The first kappa shape index (κ1) is 38.1. The number of unbranched alkanes of at least 4 members (excludes halogenated alkanes) is 11. The van der Waals surface area contributed by atoms with Gasteiger partial charge in [-0.1, -0.05) is 114 Å². The second-order valence-corrected chi connectivity index (χ2v) is 13.0. The summed E-state index contributed by atoms with van der Waals surface area (Å²) >= 11 is 0. The van der Waals surface area contributed by atoms with Gasteiger partial charge < -0.3 is 19.7 Å². The molecule has 0 aliphatic carbocycles. The number of aromatic hydroxyl groups is 2. The lowest BCUT2D eigenvalue weighted by Crippen LogP contribution is -2.05.